The molecular weight excluding hydrogens is 411 g/mol. The Morgan fingerprint density at radius 1 is 0.931 bits per heavy atom. The molecule has 3 aromatic carbocycles. The number of hydrogen-bond donors (Lipinski definition) is 1. The molecule has 1 N–H and O–H groups in total. The smallest absolute Gasteiger partial charge is 0.199 e. The van der Waals surface area contributed by atoms with E-state index in [1.807, 2.05) is 0 Å². The van der Waals surface area contributed by atoms with E-state index in [-0.39, 0.29) is 16.8 Å². The van der Waals surface area contributed by atoms with Gasteiger partial charge < -0.3 is 14.3 Å². The summed E-state index contributed by atoms with van der Waals surface area (Å²) in [6.07, 6.45) is -1.19. The van der Waals surface area contributed by atoms with Gasteiger partial charge in [-0.2, -0.15) is 0 Å². The lowest BCUT2D eigenvalue weighted by Gasteiger charge is -2.16. The third-order valence-corrected chi connectivity index (χ3v) is 5.20. The number of rotatable bonds is 4. The topological polar surface area (TPSA) is 59.7 Å². The molecule has 6 heteroatoms. The fraction of sp³-hybridized carbons (Fsp3) is 0.0870. The van der Waals surface area contributed by atoms with Crippen molar-refractivity contribution in [1.29, 1.82) is 0 Å². The fourth-order valence-corrected chi connectivity index (χ4v) is 3.44. The highest BCUT2D eigenvalue weighted by Crippen LogP contribution is 2.34. The molecule has 0 amide bonds. The van der Waals surface area contributed by atoms with Crippen molar-refractivity contribution in [3.8, 4) is 17.1 Å². The quantitative estimate of drug-likeness (QED) is 0.444. The molecule has 4 rings (SSSR count). The predicted octanol–water partition coefficient (Wildman–Crippen LogP) is 5.86. The zero-order chi connectivity index (χ0) is 20.5. The van der Waals surface area contributed by atoms with Crippen LogP contribution in [0.5, 0.6) is 5.75 Å². The molecule has 4 nitrogen and oxygen atoms in total. The average molecular weight is 427 g/mol. The summed E-state index contributed by atoms with van der Waals surface area (Å²) in [5.74, 6) is 0.837. The maximum Gasteiger partial charge on any atom is 0.199 e. The van der Waals surface area contributed by atoms with Crippen LogP contribution in [0, 0.1) is 0 Å². The van der Waals surface area contributed by atoms with Crippen molar-refractivity contribution in [3.05, 3.63) is 98.1 Å². The summed E-state index contributed by atoms with van der Waals surface area (Å²) in [7, 11) is 1.54. The lowest BCUT2D eigenvalue weighted by Crippen LogP contribution is -2.16. The van der Waals surface area contributed by atoms with Gasteiger partial charge in [-0.1, -0.05) is 35.3 Å². The van der Waals surface area contributed by atoms with Crippen molar-refractivity contribution in [1.82, 2.24) is 0 Å². The summed E-state index contributed by atoms with van der Waals surface area (Å²) in [5, 5.41) is 12.5. The molecule has 1 aromatic heterocycles. The standard InChI is InChI=1S/C23H16Cl2O4/c1-28-17-10-11-18-19(12-17)29-23(14-4-8-16(25)9-5-14)20(22(18)27)21(26)13-2-6-15(24)7-3-13/h2-12,21,26H,1H3. The number of benzene rings is 3. The minimum absolute atomic E-state index is 0.146. The highest BCUT2D eigenvalue weighted by Gasteiger charge is 2.24. The molecule has 0 spiro atoms. The third kappa shape index (κ3) is 3.75. The van der Waals surface area contributed by atoms with Crippen LogP contribution in [-0.2, 0) is 0 Å². The first kappa shape index (κ1) is 19.5. The predicted molar refractivity (Wildman–Crippen MR) is 115 cm³/mol. The van der Waals surface area contributed by atoms with E-state index in [0.717, 1.165) is 0 Å². The molecular formula is C23H16Cl2O4. The zero-order valence-corrected chi connectivity index (χ0v) is 16.9. The van der Waals surface area contributed by atoms with E-state index in [4.69, 9.17) is 32.4 Å². The highest BCUT2D eigenvalue weighted by molar-refractivity contribution is 6.30. The Morgan fingerprint density at radius 2 is 1.55 bits per heavy atom. The molecule has 0 aliphatic rings. The first-order chi connectivity index (χ1) is 14.0. The number of hydrogen-bond acceptors (Lipinski definition) is 4. The van der Waals surface area contributed by atoms with E-state index >= 15 is 0 Å². The molecule has 29 heavy (non-hydrogen) atoms. The van der Waals surface area contributed by atoms with Crippen molar-refractivity contribution in [2.45, 2.75) is 6.10 Å². The Kier molecular flexibility index (Phi) is 5.33. The van der Waals surface area contributed by atoms with Gasteiger partial charge in [0.25, 0.3) is 0 Å². The lowest BCUT2D eigenvalue weighted by molar-refractivity contribution is 0.217. The van der Waals surface area contributed by atoms with Crippen LogP contribution in [0.15, 0.2) is 75.9 Å². The van der Waals surface area contributed by atoms with Crippen LogP contribution in [-0.4, -0.2) is 12.2 Å². The Bertz CT molecular complexity index is 1230. The van der Waals surface area contributed by atoms with E-state index < -0.39 is 6.10 Å². The van der Waals surface area contributed by atoms with Crippen LogP contribution in [0.4, 0.5) is 0 Å². The zero-order valence-electron chi connectivity index (χ0n) is 15.4. The normalized spacial score (nSPS) is 12.1. The van der Waals surface area contributed by atoms with Crippen LogP contribution in [0.1, 0.15) is 17.2 Å². The number of aliphatic hydroxyl groups excluding tert-OH is 1. The van der Waals surface area contributed by atoms with Gasteiger partial charge in [0.05, 0.1) is 18.1 Å². The van der Waals surface area contributed by atoms with Crippen molar-refractivity contribution in [3.63, 3.8) is 0 Å². The average Bonchev–Trinajstić information content (AvgIpc) is 2.74. The highest BCUT2D eigenvalue weighted by atomic mass is 35.5. The summed E-state index contributed by atoms with van der Waals surface area (Å²) in [6.45, 7) is 0. The van der Waals surface area contributed by atoms with Gasteiger partial charge in [-0.15, -0.1) is 0 Å². The fourth-order valence-electron chi connectivity index (χ4n) is 3.19. The molecule has 1 heterocycles. The second kappa shape index (κ2) is 7.91. The molecule has 0 aliphatic carbocycles. The minimum Gasteiger partial charge on any atom is -0.497 e. The molecule has 1 unspecified atom stereocenters. The minimum atomic E-state index is -1.19. The van der Waals surface area contributed by atoms with Crippen molar-refractivity contribution in [2.24, 2.45) is 0 Å². The summed E-state index contributed by atoms with van der Waals surface area (Å²) in [5.41, 5.74) is 1.35. The van der Waals surface area contributed by atoms with Gasteiger partial charge in [0.2, 0.25) is 0 Å². The molecule has 0 aliphatic heterocycles. The van der Waals surface area contributed by atoms with Crippen LogP contribution >= 0.6 is 23.2 Å². The van der Waals surface area contributed by atoms with Gasteiger partial charge in [-0.25, -0.2) is 0 Å². The maximum atomic E-state index is 13.4. The number of fused-ring (bicyclic) bond motifs is 1. The lowest BCUT2D eigenvalue weighted by atomic mass is 9.96. The second-order valence-corrected chi connectivity index (χ2v) is 7.37. The Hall–Kier alpha value is -2.79. The Balaban J connectivity index is 2.01. The van der Waals surface area contributed by atoms with Crippen molar-refractivity contribution < 1.29 is 14.3 Å². The van der Waals surface area contributed by atoms with E-state index in [2.05, 4.69) is 0 Å². The van der Waals surface area contributed by atoms with Crippen molar-refractivity contribution in [2.75, 3.05) is 7.11 Å². The summed E-state index contributed by atoms with van der Waals surface area (Å²) >= 11 is 12.0. The number of methoxy groups -OCH3 is 1. The molecule has 0 fully saturated rings. The van der Waals surface area contributed by atoms with E-state index in [9.17, 15) is 9.90 Å². The summed E-state index contributed by atoms with van der Waals surface area (Å²) in [6, 6.07) is 18.5. The van der Waals surface area contributed by atoms with Gasteiger partial charge in [0.15, 0.2) is 5.43 Å². The molecule has 0 saturated heterocycles. The van der Waals surface area contributed by atoms with Crippen LogP contribution in [0.2, 0.25) is 10.0 Å². The van der Waals surface area contributed by atoms with Crippen LogP contribution in [0.25, 0.3) is 22.3 Å². The molecule has 4 aromatic rings. The molecule has 0 saturated carbocycles. The third-order valence-electron chi connectivity index (χ3n) is 4.70. The van der Waals surface area contributed by atoms with E-state index in [0.29, 0.717) is 37.9 Å². The summed E-state index contributed by atoms with van der Waals surface area (Å²) < 4.78 is 11.3. The molecule has 146 valence electrons. The SMILES string of the molecule is COc1ccc2c(=O)c(C(O)c3ccc(Cl)cc3)c(-c3ccc(Cl)cc3)oc2c1. The molecule has 0 bridgehead atoms. The number of halogens is 2. The first-order valence-electron chi connectivity index (χ1n) is 8.82. The van der Waals surface area contributed by atoms with Crippen LogP contribution in [0.3, 0.4) is 0 Å². The largest absolute Gasteiger partial charge is 0.497 e. The van der Waals surface area contributed by atoms with Gasteiger partial charge in [-0.3, -0.25) is 4.79 Å². The van der Waals surface area contributed by atoms with Gasteiger partial charge in [0.1, 0.15) is 23.2 Å². The molecule has 1 atom stereocenters. The Labute approximate surface area is 176 Å². The van der Waals surface area contributed by atoms with Gasteiger partial charge >= 0.3 is 0 Å². The maximum absolute atomic E-state index is 13.4. The van der Waals surface area contributed by atoms with E-state index in [1.54, 1.807) is 66.7 Å². The first-order valence-corrected chi connectivity index (χ1v) is 9.57. The Morgan fingerprint density at radius 3 is 2.17 bits per heavy atom. The molecule has 0 radical (unpaired) electrons. The number of ether oxygens (including phenoxy) is 1. The van der Waals surface area contributed by atoms with Gasteiger partial charge in [0, 0.05) is 21.7 Å². The van der Waals surface area contributed by atoms with Crippen molar-refractivity contribution >= 4 is 34.2 Å². The van der Waals surface area contributed by atoms with Gasteiger partial charge in [-0.05, 0) is 54.1 Å². The van der Waals surface area contributed by atoms with E-state index in [1.165, 1.54) is 7.11 Å². The summed E-state index contributed by atoms with van der Waals surface area (Å²) in [4.78, 5) is 13.4. The monoisotopic (exact) mass is 426 g/mol. The van der Waals surface area contributed by atoms with Crippen LogP contribution < -0.4 is 10.2 Å². The second-order valence-electron chi connectivity index (χ2n) is 6.50. The number of aliphatic hydroxyl groups is 1.